The van der Waals surface area contributed by atoms with Crippen molar-refractivity contribution in [1.82, 2.24) is 0 Å². The maximum absolute atomic E-state index is 12.2. The van der Waals surface area contributed by atoms with E-state index >= 15 is 0 Å². The van der Waals surface area contributed by atoms with Crippen molar-refractivity contribution in [3.63, 3.8) is 0 Å². The minimum Gasteiger partial charge on any atom is -0.497 e. The van der Waals surface area contributed by atoms with E-state index in [2.05, 4.69) is 0 Å². The number of benzene rings is 2. The Morgan fingerprint density at radius 3 is 2.45 bits per heavy atom. The van der Waals surface area contributed by atoms with Gasteiger partial charge in [0.2, 0.25) is 0 Å². The van der Waals surface area contributed by atoms with E-state index in [9.17, 15) is 13.5 Å². The first-order valence-corrected chi connectivity index (χ1v) is 7.78. The van der Waals surface area contributed by atoms with Crippen LogP contribution in [-0.4, -0.2) is 26.4 Å². The van der Waals surface area contributed by atoms with Gasteiger partial charge in [-0.3, -0.25) is 0 Å². The highest BCUT2D eigenvalue weighted by molar-refractivity contribution is 7.91. The van der Waals surface area contributed by atoms with Crippen LogP contribution in [-0.2, 0) is 9.84 Å². The first-order chi connectivity index (χ1) is 9.53. The molecular weight excluding hydrogens is 276 g/mol. The summed E-state index contributed by atoms with van der Waals surface area (Å²) in [5.74, 6) is 0.225. The molecule has 4 nitrogen and oxygen atoms in total. The topological polar surface area (TPSA) is 63.6 Å². The van der Waals surface area contributed by atoms with E-state index in [1.54, 1.807) is 42.5 Å². The minimum absolute atomic E-state index is 0.210. The summed E-state index contributed by atoms with van der Waals surface area (Å²) in [5.41, 5.74) is 0.517. The molecule has 0 aliphatic carbocycles. The van der Waals surface area contributed by atoms with Gasteiger partial charge in [0.15, 0.2) is 9.84 Å². The summed E-state index contributed by atoms with van der Waals surface area (Å²) < 4.78 is 29.4. The molecule has 0 fully saturated rings. The van der Waals surface area contributed by atoms with E-state index in [1.165, 1.54) is 19.2 Å². The molecule has 0 saturated heterocycles. The van der Waals surface area contributed by atoms with Crippen LogP contribution in [0.25, 0.3) is 0 Å². The summed E-state index contributed by atoms with van der Waals surface area (Å²) >= 11 is 0. The summed E-state index contributed by atoms with van der Waals surface area (Å²) in [5, 5.41) is 10.1. The predicted octanol–water partition coefficient (Wildman–Crippen LogP) is 2.20. The largest absolute Gasteiger partial charge is 0.497 e. The van der Waals surface area contributed by atoms with Crippen LogP contribution in [0.15, 0.2) is 59.5 Å². The zero-order chi connectivity index (χ0) is 14.6. The van der Waals surface area contributed by atoms with Gasteiger partial charge < -0.3 is 9.84 Å². The zero-order valence-corrected chi connectivity index (χ0v) is 11.9. The number of rotatable bonds is 5. The molecule has 20 heavy (non-hydrogen) atoms. The fourth-order valence-electron chi connectivity index (χ4n) is 1.88. The molecule has 2 aromatic rings. The lowest BCUT2D eigenvalue weighted by Gasteiger charge is -2.12. The average molecular weight is 292 g/mol. The Morgan fingerprint density at radius 2 is 1.80 bits per heavy atom. The molecular formula is C15H16O4S. The van der Waals surface area contributed by atoms with Crippen molar-refractivity contribution in [2.24, 2.45) is 0 Å². The lowest BCUT2D eigenvalue weighted by atomic mass is 10.1. The lowest BCUT2D eigenvalue weighted by molar-refractivity contribution is 0.201. The maximum atomic E-state index is 12.2. The van der Waals surface area contributed by atoms with Crippen molar-refractivity contribution in [2.75, 3.05) is 12.9 Å². The van der Waals surface area contributed by atoms with E-state index in [0.717, 1.165) is 0 Å². The Morgan fingerprint density at radius 1 is 1.10 bits per heavy atom. The van der Waals surface area contributed by atoms with Crippen LogP contribution >= 0.6 is 0 Å². The molecule has 1 N–H and O–H groups in total. The lowest BCUT2D eigenvalue weighted by Crippen LogP contribution is -2.14. The second kappa shape index (κ2) is 6.07. The third kappa shape index (κ3) is 3.37. The average Bonchev–Trinajstić information content (AvgIpc) is 2.48. The van der Waals surface area contributed by atoms with Gasteiger partial charge in [-0.1, -0.05) is 30.3 Å². The molecule has 0 saturated carbocycles. The molecule has 0 radical (unpaired) electrons. The number of aliphatic hydroxyl groups is 1. The molecule has 0 spiro atoms. The van der Waals surface area contributed by atoms with Crippen molar-refractivity contribution in [3.8, 4) is 5.75 Å². The summed E-state index contributed by atoms with van der Waals surface area (Å²) in [7, 11) is -2.00. The second-order valence-corrected chi connectivity index (χ2v) is 6.42. The first-order valence-electron chi connectivity index (χ1n) is 6.13. The van der Waals surface area contributed by atoms with Crippen LogP contribution in [0.2, 0.25) is 0 Å². The van der Waals surface area contributed by atoms with Gasteiger partial charge in [-0.15, -0.1) is 0 Å². The SMILES string of the molecule is COc1cccc([C@@H](O)CS(=O)(=O)c2ccccc2)c1. The van der Waals surface area contributed by atoms with Crippen molar-refractivity contribution < 1.29 is 18.3 Å². The predicted molar refractivity (Wildman–Crippen MR) is 76.4 cm³/mol. The smallest absolute Gasteiger partial charge is 0.181 e. The van der Waals surface area contributed by atoms with Gasteiger partial charge in [0.1, 0.15) is 5.75 Å². The van der Waals surface area contributed by atoms with Crippen molar-refractivity contribution >= 4 is 9.84 Å². The fourth-order valence-corrected chi connectivity index (χ4v) is 3.25. The Hall–Kier alpha value is -1.85. The van der Waals surface area contributed by atoms with E-state index in [0.29, 0.717) is 11.3 Å². The zero-order valence-electron chi connectivity index (χ0n) is 11.1. The molecule has 0 unspecified atom stereocenters. The van der Waals surface area contributed by atoms with Crippen LogP contribution in [0.5, 0.6) is 5.75 Å². The molecule has 106 valence electrons. The maximum Gasteiger partial charge on any atom is 0.181 e. The summed E-state index contributed by atoms with van der Waals surface area (Å²) in [6.45, 7) is 0. The molecule has 0 aliphatic rings. The Labute approximate surface area is 118 Å². The highest BCUT2D eigenvalue weighted by atomic mass is 32.2. The summed E-state index contributed by atoms with van der Waals surface area (Å²) in [6, 6.07) is 14.9. The molecule has 5 heteroatoms. The Bertz CT molecular complexity index is 665. The molecule has 0 aliphatic heterocycles. The normalized spacial score (nSPS) is 12.9. The van der Waals surface area contributed by atoms with Gasteiger partial charge in [0, 0.05) is 0 Å². The first kappa shape index (κ1) is 14.6. The van der Waals surface area contributed by atoms with Crippen molar-refractivity contribution in [1.29, 1.82) is 0 Å². The van der Waals surface area contributed by atoms with Crippen LogP contribution < -0.4 is 4.74 Å². The molecule has 2 rings (SSSR count). The van der Waals surface area contributed by atoms with Gasteiger partial charge in [0.25, 0.3) is 0 Å². The van der Waals surface area contributed by atoms with Gasteiger partial charge in [-0.25, -0.2) is 8.42 Å². The van der Waals surface area contributed by atoms with Crippen LogP contribution in [0.1, 0.15) is 11.7 Å². The van der Waals surface area contributed by atoms with Crippen LogP contribution in [0.3, 0.4) is 0 Å². The highest BCUT2D eigenvalue weighted by Crippen LogP contribution is 2.22. The third-order valence-electron chi connectivity index (χ3n) is 2.96. The molecule has 0 amide bonds. The van der Waals surface area contributed by atoms with E-state index in [-0.39, 0.29) is 10.6 Å². The molecule has 0 aromatic heterocycles. The Kier molecular flexibility index (Phi) is 4.42. The second-order valence-electron chi connectivity index (χ2n) is 4.39. The number of methoxy groups -OCH3 is 1. The summed E-state index contributed by atoms with van der Waals surface area (Å²) in [6.07, 6.45) is -1.09. The molecule has 2 aromatic carbocycles. The van der Waals surface area contributed by atoms with Gasteiger partial charge in [0.05, 0.1) is 23.9 Å². The van der Waals surface area contributed by atoms with E-state index in [4.69, 9.17) is 4.74 Å². The molecule has 1 atom stereocenters. The van der Waals surface area contributed by atoms with Crippen molar-refractivity contribution in [2.45, 2.75) is 11.0 Å². The number of aliphatic hydroxyl groups excluding tert-OH is 1. The monoisotopic (exact) mass is 292 g/mol. The number of sulfone groups is 1. The summed E-state index contributed by atoms with van der Waals surface area (Å²) in [4.78, 5) is 0.210. The quantitative estimate of drug-likeness (QED) is 0.917. The van der Waals surface area contributed by atoms with Gasteiger partial charge >= 0.3 is 0 Å². The Balaban J connectivity index is 2.21. The van der Waals surface area contributed by atoms with E-state index < -0.39 is 15.9 Å². The molecule has 0 heterocycles. The molecule has 0 bridgehead atoms. The van der Waals surface area contributed by atoms with E-state index in [1.807, 2.05) is 0 Å². The fraction of sp³-hybridized carbons (Fsp3) is 0.200. The van der Waals surface area contributed by atoms with Gasteiger partial charge in [-0.2, -0.15) is 0 Å². The third-order valence-corrected chi connectivity index (χ3v) is 4.70. The number of hydrogen-bond donors (Lipinski definition) is 1. The van der Waals surface area contributed by atoms with Crippen LogP contribution in [0.4, 0.5) is 0 Å². The highest BCUT2D eigenvalue weighted by Gasteiger charge is 2.20. The van der Waals surface area contributed by atoms with Crippen molar-refractivity contribution in [3.05, 3.63) is 60.2 Å². The standard InChI is InChI=1S/C15H16O4S/c1-19-13-7-5-6-12(10-13)15(16)11-20(17,18)14-8-3-2-4-9-14/h2-10,15-16H,11H2,1H3/t15-/m0/s1. The van der Waals surface area contributed by atoms with Crippen LogP contribution in [0, 0.1) is 0 Å². The number of hydrogen-bond acceptors (Lipinski definition) is 4. The van der Waals surface area contributed by atoms with Gasteiger partial charge in [-0.05, 0) is 29.8 Å². The number of ether oxygens (including phenoxy) is 1. The minimum atomic E-state index is -3.52.